The highest BCUT2D eigenvalue weighted by molar-refractivity contribution is 9.10. The molecule has 0 aliphatic carbocycles. The maximum Gasteiger partial charge on any atom is 0.224 e. The van der Waals surface area contributed by atoms with E-state index in [1.807, 2.05) is 0 Å². The Morgan fingerprint density at radius 3 is 3.15 bits per heavy atom. The second-order valence-corrected chi connectivity index (χ2v) is 5.51. The number of fused-ring (bicyclic) bond motifs is 1. The van der Waals surface area contributed by atoms with Crippen molar-refractivity contribution >= 4 is 27.7 Å². The lowest BCUT2D eigenvalue weighted by molar-refractivity contribution is 0.555. The third kappa shape index (κ3) is 2.60. The topological polar surface area (TPSA) is 71.8 Å². The van der Waals surface area contributed by atoms with Crippen molar-refractivity contribution in [1.29, 1.82) is 0 Å². The Bertz CT molecular complexity index is 597. The lowest BCUT2D eigenvalue weighted by Crippen LogP contribution is -2.34. The van der Waals surface area contributed by atoms with Crippen molar-refractivity contribution < 1.29 is 0 Å². The molecule has 0 amide bonds. The number of nitrogens with zero attached hydrogens (tertiary/aromatic N) is 6. The zero-order chi connectivity index (χ0) is 13.9. The molecule has 0 saturated heterocycles. The Morgan fingerprint density at radius 2 is 2.30 bits per heavy atom. The third-order valence-corrected chi connectivity index (χ3v) is 3.76. The fourth-order valence-corrected chi connectivity index (χ4v) is 2.59. The van der Waals surface area contributed by atoms with E-state index in [1.54, 1.807) is 12.5 Å². The van der Waals surface area contributed by atoms with E-state index in [0.29, 0.717) is 12.5 Å². The Labute approximate surface area is 125 Å². The second kappa shape index (κ2) is 5.74. The average Bonchev–Trinajstić information content (AvgIpc) is 2.93. The van der Waals surface area contributed by atoms with Gasteiger partial charge in [0.15, 0.2) is 5.82 Å². The SMILES string of the molecule is CCCNc1ncc(Br)c(N2CCn3cnnc3C2)n1. The minimum absolute atomic E-state index is 0.664. The van der Waals surface area contributed by atoms with Gasteiger partial charge in [-0.2, -0.15) is 4.98 Å². The molecule has 3 heterocycles. The van der Waals surface area contributed by atoms with E-state index in [4.69, 9.17) is 0 Å². The van der Waals surface area contributed by atoms with Gasteiger partial charge in [0.25, 0.3) is 0 Å². The first-order valence-corrected chi connectivity index (χ1v) is 7.45. The van der Waals surface area contributed by atoms with Crippen LogP contribution in [-0.4, -0.2) is 37.8 Å². The molecule has 2 aromatic rings. The Hall–Kier alpha value is -1.70. The van der Waals surface area contributed by atoms with Crippen LogP contribution in [0, 0.1) is 0 Å². The van der Waals surface area contributed by atoms with Gasteiger partial charge in [0.05, 0.1) is 11.0 Å². The van der Waals surface area contributed by atoms with E-state index >= 15 is 0 Å². The summed E-state index contributed by atoms with van der Waals surface area (Å²) in [4.78, 5) is 11.1. The quantitative estimate of drug-likeness (QED) is 0.914. The number of rotatable bonds is 4. The molecule has 8 heteroatoms. The number of halogens is 1. The minimum atomic E-state index is 0.664. The molecule has 3 rings (SSSR count). The van der Waals surface area contributed by atoms with Gasteiger partial charge in [-0.05, 0) is 22.4 Å². The van der Waals surface area contributed by atoms with Gasteiger partial charge in [0.1, 0.15) is 12.1 Å². The van der Waals surface area contributed by atoms with Crippen LogP contribution < -0.4 is 10.2 Å². The molecule has 0 fully saturated rings. The number of aromatic nitrogens is 5. The third-order valence-electron chi connectivity index (χ3n) is 3.20. The van der Waals surface area contributed by atoms with Crippen LogP contribution >= 0.6 is 15.9 Å². The molecule has 0 bridgehead atoms. The number of anilines is 2. The van der Waals surface area contributed by atoms with Crippen LogP contribution in [0.15, 0.2) is 17.0 Å². The lowest BCUT2D eigenvalue weighted by atomic mass is 10.3. The van der Waals surface area contributed by atoms with Crippen molar-refractivity contribution in [3.8, 4) is 0 Å². The summed E-state index contributed by atoms with van der Waals surface area (Å²) < 4.78 is 2.97. The fraction of sp³-hybridized carbons (Fsp3) is 0.500. The monoisotopic (exact) mass is 337 g/mol. The average molecular weight is 338 g/mol. The molecule has 2 aromatic heterocycles. The van der Waals surface area contributed by atoms with Crippen molar-refractivity contribution in [2.75, 3.05) is 23.3 Å². The molecule has 7 nitrogen and oxygen atoms in total. The van der Waals surface area contributed by atoms with E-state index in [1.165, 1.54) is 0 Å². The molecule has 0 atom stereocenters. The predicted octanol–water partition coefficient (Wildman–Crippen LogP) is 1.67. The summed E-state index contributed by atoms with van der Waals surface area (Å²) in [6.07, 6.45) is 4.61. The maximum atomic E-state index is 4.59. The minimum Gasteiger partial charge on any atom is -0.354 e. The number of nitrogens with one attached hydrogen (secondary N) is 1. The first-order chi connectivity index (χ1) is 9.78. The number of hydrogen-bond acceptors (Lipinski definition) is 6. The van der Waals surface area contributed by atoms with Gasteiger partial charge in [0, 0.05) is 25.8 Å². The van der Waals surface area contributed by atoms with Gasteiger partial charge in [-0.3, -0.25) is 0 Å². The van der Waals surface area contributed by atoms with Gasteiger partial charge in [0.2, 0.25) is 5.95 Å². The normalized spacial score (nSPS) is 14.2. The smallest absolute Gasteiger partial charge is 0.224 e. The maximum absolute atomic E-state index is 4.59. The summed E-state index contributed by atoms with van der Waals surface area (Å²) in [6, 6.07) is 0. The standard InChI is InChI=1S/C12H16BrN7/c1-2-3-14-12-15-6-9(13)11(17-12)19-4-5-20-8-16-18-10(20)7-19/h6,8H,2-5,7H2,1H3,(H,14,15,17). The van der Waals surface area contributed by atoms with E-state index in [0.717, 1.165) is 42.2 Å². The van der Waals surface area contributed by atoms with Crippen molar-refractivity contribution in [2.45, 2.75) is 26.4 Å². The van der Waals surface area contributed by atoms with E-state index in [-0.39, 0.29) is 0 Å². The van der Waals surface area contributed by atoms with Crippen LogP contribution in [0.1, 0.15) is 19.2 Å². The Morgan fingerprint density at radius 1 is 1.40 bits per heavy atom. The first kappa shape index (κ1) is 13.3. The zero-order valence-electron chi connectivity index (χ0n) is 11.3. The first-order valence-electron chi connectivity index (χ1n) is 6.66. The van der Waals surface area contributed by atoms with Gasteiger partial charge in [-0.25, -0.2) is 4.98 Å². The molecule has 0 radical (unpaired) electrons. The summed E-state index contributed by atoms with van der Waals surface area (Å²) in [6.45, 7) is 5.45. The van der Waals surface area contributed by atoms with E-state index in [2.05, 4.69) is 57.8 Å². The van der Waals surface area contributed by atoms with Gasteiger partial charge in [-0.15, -0.1) is 10.2 Å². The van der Waals surface area contributed by atoms with Gasteiger partial charge in [-0.1, -0.05) is 6.92 Å². The summed E-state index contributed by atoms with van der Waals surface area (Å²) in [5, 5.41) is 11.3. The molecular weight excluding hydrogens is 322 g/mol. The van der Waals surface area contributed by atoms with Crippen LogP contribution in [0.4, 0.5) is 11.8 Å². The highest BCUT2D eigenvalue weighted by Crippen LogP contribution is 2.26. The largest absolute Gasteiger partial charge is 0.354 e. The molecule has 1 aliphatic heterocycles. The van der Waals surface area contributed by atoms with Crippen LogP contribution in [0.2, 0.25) is 0 Å². The van der Waals surface area contributed by atoms with Crippen molar-refractivity contribution in [3.05, 3.63) is 22.8 Å². The molecular formula is C12H16BrN7. The molecule has 1 aliphatic rings. The van der Waals surface area contributed by atoms with Crippen LogP contribution in [0.25, 0.3) is 0 Å². The Balaban J connectivity index is 1.83. The number of hydrogen-bond donors (Lipinski definition) is 1. The molecule has 20 heavy (non-hydrogen) atoms. The molecule has 0 aromatic carbocycles. The van der Waals surface area contributed by atoms with Crippen LogP contribution in [-0.2, 0) is 13.1 Å². The van der Waals surface area contributed by atoms with Crippen molar-refractivity contribution in [2.24, 2.45) is 0 Å². The highest BCUT2D eigenvalue weighted by Gasteiger charge is 2.21. The van der Waals surface area contributed by atoms with Crippen LogP contribution in [0.5, 0.6) is 0 Å². The molecule has 0 unspecified atom stereocenters. The second-order valence-electron chi connectivity index (χ2n) is 4.65. The van der Waals surface area contributed by atoms with Gasteiger partial charge >= 0.3 is 0 Å². The van der Waals surface area contributed by atoms with Crippen molar-refractivity contribution in [1.82, 2.24) is 24.7 Å². The van der Waals surface area contributed by atoms with Crippen LogP contribution in [0.3, 0.4) is 0 Å². The molecule has 1 N–H and O–H groups in total. The summed E-state index contributed by atoms with van der Waals surface area (Å²) >= 11 is 3.53. The van der Waals surface area contributed by atoms with E-state index in [9.17, 15) is 0 Å². The lowest BCUT2D eigenvalue weighted by Gasteiger charge is -2.28. The summed E-state index contributed by atoms with van der Waals surface area (Å²) in [5.74, 6) is 2.52. The van der Waals surface area contributed by atoms with E-state index < -0.39 is 0 Å². The summed E-state index contributed by atoms with van der Waals surface area (Å²) in [7, 11) is 0. The molecule has 0 saturated carbocycles. The summed E-state index contributed by atoms with van der Waals surface area (Å²) in [5.41, 5.74) is 0. The van der Waals surface area contributed by atoms with Gasteiger partial charge < -0.3 is 14.8 Å². The van der Waals surface area contributed by atoms with Crippen molar-refractivity contribution in [3.63, 3.8) is 0 Å². The predicted molar refractivity (Wildman–Crippen MR) is 79.6 cm³/mol. The Kier molecular flexibility index (Phi) is 3.81. The molecule has 106 valence electrons. The highest BCUT2D eigenvalue weighted by atomic mass is 79.9. The zero-order valence-corrected chi connectivity index (χ0v) is 12.8. The fourth-order valence-electron chi connectivity index (χ4n) is 2.15. The molecule has 0 spiro atoms.